The highest BCUT2D eigenvalue weighted by Crippen LogP contribution is 2.26. The number of nitrogens with one attached hydrogen (secondary N) is 1. The largest absolute Gasteiger partial charge is 0.379 e. The van der Waals surface area contributed by atoms with E-state index in [1.54, 1.807) is 29.1 Å². The summed E-state index contributed by atoms with van der Waals surface area (Å²) in [5, 5.41) is 11.3. The van der Waals surface area contributed by atoms with E-state index < -0.39 is 0 Å². The maximum Gasteiger partial charge on any atom is 0.260 e. The molecule has 3 aromatic heterocycles. The Morgan fingerprint density at radius 3 is 2.81 bits per heavy atom. The Balaban J connectivity index is 1.60. The minimum Gasteiger partial charge on any atom is -0.379 e. The topological polar surface area (TPSA) is 137 Å². The van der Waals surface area contributed by atoms with Gasteiger partial charge in [0.2, 0.25) is 0 Å². The predicted molar refractivity (Wildman–Crippen MR) is 97.4 cm³/mol. The number of amides is 1. The zero-order valence-electron chi connectivity index (χ0n) is 14.0. The Morgan fingerprint density at radius 1 is 1.22 bits per heavy atom. The Labute approximate surface area is 152 Å². The van der Waals surface area contributed by atoms with Crippen molar-refractivity contribution in [1.29, 1.82) is 0 Å². The molecule has 0 aliphatic rings. The monoisotopic (exact) mass is 362 g/mol. The molecule has 10 nitrogen and oxygen atoms in total. The van der Waals surface area contributed by atoms with Gasteiger partial charge >= 0.3 is 0 Å². The van der Waals surface area contributed by atoms with Crippen molar-refractivity contribution in [1.82, 2.24) is 30.3 Å². The number of fused-ring (bicyclic) bond motifs is 1. The summed E-state index contributed by atoms with van der Waals surface area (Å²) < 4.78 is 6.35. The quantitative estimate of drug-likeness (QED) is 0.402. The van der Waals surface area contributed by atoms with E-state index in [9.17, 15) is 4.79 Å². The minimum absolute atomic E-state index is 0.0319. The number of aromatic nitrogens is 5. The Kier molecular flexibility index (Phi) is 4.27. The summed E-state index contributed by atoms with van der Waals surface area (Å²) in [7, 11) is 0. The number of carbonyl (C=O) groups excluding carboxylic acids is 1. The van der Waals surface area contributed by atoms with Crippen LogP contribution in [0.2, 0.25) is 0 Å². The van der Waals surface area contributed by atoms with Crippen molar-refractivity contribution >= 4 is 29.0 Å². The third kappa shape index (κ3) is 3.35. The Hall–Kier alpha value is -4.08. The summed E-state index contributed by atoms with van der Waals surface area (Å²) >= 11 is 0. The van der Waals surface area contributed by atoms with Crippen LogP contribution in [0.25, 0.3) is 22.6 Å². The highest BCUT2D eigenvalue weighted by molar-refractivity contribution is 5.86. The number of para-hydroxylation sites is 2. The van der Waals surface area contributed by atoms with E-state index in [4.69, 9.17) is 5.73 Å². The number of hydrazone groups is 1. The fraction of sp³-hybridized carbons (Fsp3) is 0.0588. The second-order valence-electron chi connectivity index (χ2n) is 5.58. The van der Waals surface area contributed by atoms with Crippen LogP contribution in [0.4, 0.5) is 5.82 Å². The third-order valence-corrected chi connectivity index (χ3v) is 3.79. The average molecular weight is 362 g/mol. The molecule has 10 heteroatoms. The second kappa shape index (κ2) is 7.04. The van der Waals surface area contributed by atoms with Crippen LogP contribution in [0.15, 0.2) is 58.5 Å². The highest BCUT2D eigenvalue weighted by atomic mass is 16.6. The van der Waals surface area contributed by atoms with E-state index in [1.807, 2.05) is 24.3 Å². The van der Waals surface area contributed by atoms with E-state index in [0.29, 0.717) is 11.3 Å². The van der Waals surface area contributed by atoms with E-state index in [-0.39, 0.29) is 24.0 Å². The number of hydrogen-bond donors (Lipinski definition) is 2. The van der Waals surface area contributed by atoms with Gasteiger partial charge in [-0.15, -0.1) is 0 Å². The van der Waals surface area contributed by atoms with Gasteiger partial charge in [-0.1, -0.05) is 12.1 Å². The average Bonchev–Trinajstić information content (AvgIpc) is 3.26. The van der Waals surface area contributed by atoms with Crippen molar-refractivity contribution < 1.29 is 9.42 Å². The number of benzene rings is 1. The molecule has 3 heterocycles. The van der Waals surface area contributed by atoms with Crippen LogP contribution in [-0.2, 0) is 11.3 Å². The molecular weight excluding hydrogens is 348 g/mol. The molecule has 1 aromatic carbocycles. The van der Waals surface area contributed by atoms with Crippen LogP contribution in [0.3, 0.4) is 0 Å². The van der Waals surface area contributed by atoms with Crippen LogP contribution in [0.1, 0.15) is 5.56 Å². The smallest absolute Gasteiger partial charge is 0.260 e. The Morgan fingerprint density at radius 2 is 2.04 bits per heavy atom. The standard InChI is InChI=1S/C17H14N8O2/c18-16-15(23-27-24-16)17-21-12-3-1-2-4-13(12)25(17)10-14(26)22-20-9-11-5-7-19-8-6-11/h1-9H,10H2,(H2,18,24)(H,22,26)/b20-9-. The minimum atomic E-state index is -0.334. The van der Waals surface area contributed by atoms with Gasteiger partial charge in [0, 0.05) is 12.4 Å². The molecule has 4 rings (SSSR count). The molecule has 4 aromatic rings. The molecule has 0 spiro atoms. The van der Waals surface area contributed by atoms with E-state index in [2.05, 4.69) is 35.4 Å². The third-order valence-electron chi connectivity index (χ3n) is 3.79. The van der Waals surface area contributed by atoms with Gasteiger partial charge in [-0.25, -0.2) is 15.0 Å². The summed E-state index contributed by atoms with van der Waals surface area (Å²) in [6, 6.07) is 10.9. The summed E-state index contributed by atoms with van der Waals surface area (Å²) in [6.45, 7) is -0.0319. The van der Waals surface area contributed by atoms with Gasteiger partial charge in [-0.2, -0.15) is 5.10 Å². The van der Waals surface area contributed by atoms with Gasteiger partial charge in [0.25, 0.3) is 5.91 Å². The number of imidazole rings is 1. The molecule has 27 heavy (non-hydrogen) atoms. The molecule has 1 amide bonds. The fourth-order valence-corrected chi connectivity index (χ4v) is 2.57. The number of pyridine rings is 1. The van der Waals surface area contributed by atoms with Crippen molar-refractivity contribution in [3.63, 3.8) is 0 Å². The van der Waals surface area contributed by atoms with Gasteiger partial charge in [0.1, 0.15) is 6.54 Å². The van der Waals surface area contributed by atoms with E-state index in [0.717, 1.165) is 11.1 Å². The lowest BCUT2D eigenvalue weighted by Crippen LogP contribution is -2.23. The zero-order valence-corrected chi connectivity index (χ0v) is 14.0. The first kappa shape index (κ1) is 16.4. The lowest BCUT2D eigenvalue weighted by atomic mass is 10.3. The first-order chi connectivity index (χ1) is 13.2. The van der Waals surface area contributed by atoms with Gasteiger partial charge < -0.3 is 10.3 Å². The van der Waals surface area contributed by atoms with Crippen molar-refractivity contribution in [2.24, 2.45) is 5.10 Å². The molecule has 0 radical (unpaired) electrons. The number of hydrogen-bond acceptors (Lipinski definition) is 8. The molecule has 0 unspecified atom stereocenters. The van der Waals surface area contributed by atoms with Crippen molar-refractivity contribution in [3.8, 4) is 11.5 Å². The molecule has 0 saturated carbocycles. The summed E-state index contributed by atoms with van der Waals surface area (Å²) in [4.78, 5) is 20.8. The first-order valence-corrected chi connectivity index (χ1v) is 7.98. The second-order valence-corrected chi connectivity index (χ2v) is 5.58. The number of rotatable bonds is 5. The molecule has 0 bridgehead atoms. The van der Waals surface area contributed by atoms with Gasteiger partial charge in [0.05, 0.1) is 17.2 Å². The molecule has 0 saturated heterocycles. The van der Waals surface area contributed by atoms with Crippen molar-refractivity contribution in [3.05, 3.63) is 54.4 Å². The van der Waals surface area contributed by atoms with Gasteiger partial charge in [-0.3, -0.25) is 9.78 Å². The number of carbonyl (C=O) groups is 1. The molecule has 0 aliphatic carbocycles. The highest BCUT2D eigenvalue weighted by Gasteiger charge is 2.20. The predicted octanol–water partition coefficient (Wildman–Crippen LogP) is 1.21. The van der Waals surface area contributed by atoms with Crippen molar-refractivity contribution in [2.45, 2.75) is 6.54 Å². The van der Waals surface area contributed by atoms with Crippen LogP contribution in [-0.4, -0.2) is 37.0 Å². The normalized spacial score (nSPS) is 11.3. The maximum atomic E-state index is 12.4. The lowest BCUT2D eigenvalue weighted by molar-refractivity contribution is -0.121. The number of nitrogens with two attached hydrogens (primary N) is 1. The maximum absolute atomic E-state index is 12.4. The molecule has 0 fully saturated rings. The van der Waals surface area contributed by atoms with Gasteiger partial charge in [-0.05, 0) is 40.1 Å². The SMILES string of the molecule is Nc1nonc1-c1nc2ccccc2n1CC(=O)N/N=C\c1ccncc1. The number of nitrogens with zero attached hydrogens (tertiary/aromatic N) is 6. The number of nitrogen functional groups attached to an aromatic ring is 1. The van der Waals surface area contributed by atoms with Crippen LogP contribution >= 0.6 is 0 Å². The number of anilines is 1. The van der Waals surface area contributed by atoms with E-state index >= 15 is 0 Å². The Bertz CT molecular complexity index is 1120. The molecule has 0 aliphatic heterocycles. The lowest BCUT2D eigenvalue weighted by Gasteiger charge is -2.06. The van der Waals surface area contributed by atoms with Gasteiger partial charge in [0.15, 0.2) is 17.3 Å². The molecule has 3 N–H and O–H groups in total. The van der Waals surface area contributed by atoms with Crippen LogP contribution in [0.5, 0.6) is 0 Å². The van der Waals surface area contributed by atoms with E-state index in [1.165, 1.54) is 6.21 Å². The zero-order chi connectivity index (χ0) is 18.6. The first-order valence-electron chi connectivity index (χ1n) is 7.98. The molecule has 0 atom stereocenters. The summed E-state index contributed by atoms with van der Waals surface area (Å²) in [5.41, 5.74) is 10.8. The van der Waals surface area contributed by atoms with Crippen molar-refractivity contribution in [2.75, 3.05) is 5.73 Å². The fourth-order valence-electron chi connectivity index (χ4n) is 2.57. The summed E-state index contributed by atoms with van der Waals surface area (Å²) in [6.07, 6.45) is 4.82. The molecule has 134 valence electrons. The van der Waals surface area contributed by atoms with Crippen LogP contribution < -0.4 is 11.2 Å². The molecular formula is C17H14N8O2. The summed E-state index contributed by atoms with van der Waals surface area (Å²) in [5.74, 6) is 0.158. The van der Waals surface area contributed by atoms with Crippen LogP contribution in [0, 0.1) is 0 Å².